The number of para-hydroxylation sites is 2. The summed E-state index contributed by atoms with van der Waals surface area (Å²) < 4.78 is 7.81. The maximum Gasteiger partial charge on any atom is 0.253 e. The van der Waals surface area contributed by atoms with Crippen molar-refractivity contribution in [3.05, 3.63) is 96.1 Å². The minimum atomic E-state index is -0.158. The lowest BCUT2D eigenvalue weighted by Crippen LogP contribution is -2.44. The molecule has 2 aliphatic heterocycles. The SMILES string of the molecule is C=C(C=C1/C(=C\C)OCC12CCN(C(=O)c1ccc(NC(=O)Cn3cnc4ccccc43)cc1)CC2)CN. The summed E-state index contributed by atoms with van der Waals surface area (Å²) in [6.45, 7) is 8.47. The molecule has 2 saturated heterocycles. The molecule has 5 rings (SSSR count). The number of nitrogens with one attached hydrogen (secondary N) is 1. The van der Waals surface area contributed by atoms with Gasteiger partial charge in [-0.2, -0.15) is 0 Å². The number of anilines is 1. The molecule has 2 aromatic carbocycles. The molecule has 8 nitrogen and oxygen atoms in total. The van der Waals surface area contributed by atoms with Crippen molar-refractivity contribution >= 4 is 28.5 Å². The third-order valence-corrected chi connectivity index (χ3v) is 7.48. The average molecular weight is 512 g/mol. The number of amides is 2. The molecule has 0 unspecified atom stereocenters. The van der Waals surface area contributed by atoms with Crippen molar-refractivity contribution in [2.24, 2.45) is 11.1 Å². The first-order valence-corrected chi connectivity index (χ1v) is 12.9. The Kier molecular flexibility index (Phi) is 7.15. The van der Waals surface area contributed by atoms with Crippen LogP contribution in [0.25, 0.3) is 11.0 Å². The Bertz CT molecular complexity index is 1430. The van der Waals surface area contributed by atoms with Crippen LogP contribution in [0.5, 0.6) is 0 Å². The Morgan fingerprint density at radius 1 is 1.16 bits per heavy atom. The van der Waals surface area contributed by atoms with Gasteiger partial charge in [-0.25, -0.2) is 4.98 Å². The second-order valence-corrected chi connectivity index (χ2v) is 9.92. The van der Waals surface area contributed by atoms with E-state index in [0.717, 1.165) is 40.8 Å². The van der Waals surface area contributed by atoms with E-state index in [2.05, 4.69) is 23.0 Å². The fourth-order valence-electron chi connectivity index (χ4n) is 5.28. The van der Waals surface area contributed by atoms with E-state index in [-0.39, 0.29) is 23.8 Å². The summed E-state index contributed by atoms with van der Waals surface area (Å²) in [6, 6.07) is 14.8. The van der Waals surface area contributed by atoms with Gasteiger partial charge in [-0.1, -0.05) is 24.8 Å². The first kappa shape index (κ1) is 25.5. The lowest BCUT2D eigenvalue weighted by atomic mass is 9.73. The number of benzene rings is 2. The molecule has 1 spiro atoms. The van der Waals surface area contributed by atoms with E-state index in [9.17, 15) is 9.59 Å². The summed E-state index contributed by atoms with van der Waals surface area (Å²) in [7, 11) is 0. The normalized spacial score (nSPS) is 18.7. The van der Waals surface area contributed by atoms with Crippen molar-refractivity contribution in [2.45, 2.75) is 26.3 Å². The fourth-order valence-corrected chi connectivity index (χ4v) is 5.28. The van der Waals surface area contributed by atoms with Gasteiger partial charge in [0.05, 0.1) is 24.0 Å². The Hall–Kier alpha value is -4.17. The Balaban J connectivity index is 1.19. The molecule has 196 valence electrons. The van der Waals surface area contributed by atoms with Gasteiger partial charge in [-0.3, -0.25) is 9.59 Å². The standard InChI is InChI=1S/C30H33N5O3/c1-3-27-24(16-21(2)17-31)30(19-38-27)12-14-34(15-13-30)29(37)22-8-10-23(11-9-22)33-28(36)18-35-20-32-25-6-4-5-7-26(25)35/h3-11,16,20H,2,12-15,17-19,31H2,1H3,(H,33,36)/b24-16?,27-3+. The van der Waals surface area contributed by atoms with Crippen molar-refractivity contribution < 1.29 is 14.3 Å². The van der Waals surface area contributed by atoms with Gasteiger partial charge in [0.25, 0.3) is 5.91 Å². The number of hydrogen-bond acceptors (Lipinski definition) is 5. The number of ether oxygens (including phenoxy) is 1. The molecule has 2 fully saturated rings. The molecule has 3 aromatic rings. The molecular weight excluding hydrogens is 478 g/mol. The van der Waals surface area contributed by atoms with E-state index >= 15 is 0 Å². The van der Waals surface area contributed by atoms with Crippen LogP contribution in [0.2, 0.25) is 0 Å². The van der Waals surface area contributed by atoms with Crippen LogP contribution in [0.4, 0.5) is 5.69 Å². The molecule has 38 heavy (non-hydrogen) atoms. The summed E-state index contributed by atoms with van der Waals surface area (Å²) in [6.07, 6.45) is 7.34. The van der Waals surface area contributed by atoms with E-state index in [4.69, 9.17) is 10.5 Å². The molecule has 0 aliphatic carbocycles. The summed E-state index contributed by atoms with van der Waals surface area (Å²) in [5.41, 5.74) is 10.7. The highest BCUT2D eigenvalue weighted by molar-refractivity contribution is 5.96. The van der Waals surface area contributed by atoms with Crippen molar-refractivity contribution in [3.8, 4) is 0 Å². The number of nitrogens with two attached hydrogens (primary N) is 1. The molecule has 0 atom stereocenters. The maximum absolute atomic E-state index is 13.2. The highest BCUT2D eigenvalue weighted by Gasteiger charge is 2.45. The fraction of sp³-hybridized carbons (Fsp3) is 0.300. The summed E-state index contributed by atoms with van der Waals surface area (Å²) in [5.74, 6) is 0.719. The number of fused-ring (bicyclic) bond motifs is 1. The number of rotatable bonds is 6. The van der Waals surface area contributed by atoms with Gasteiger partial charge < -0.3 is 25.3 Å². The molecule has 0 bridgehead atoms. The molecular formula is C30H33N5O3. The van der Waals surface area contributed by atoms with Crippen LogP contribution in [0.3, 0.4) is 0 Å². The highest BCUT2D eigenvalue weighted by Crippen LogP contribution is 2.48. The molecule has 2 amide bonds. The van der Waals surface area contributed by atoms with Crippen molar-refractivity contribution in [1.82, 2.24) is 14.5 Å². The minimum absolute atomic E-state index is 0.00955. The van der Waals surface area contributed by atoms with Crippen LogP contribution in [0.15, 0.2) is 90.5 Å². The van der Waals surface area contributed by atoms with Gasteiger partial charge in [0.2, 0.25) is 5.91 Å². The van der Waals surface area contributed by atoms with Crippen LogP contribution in [0.1, 0.15) is 30.1 Å². The number of nitrogens with zero attached hydrogens (tertiary/aromatic N) is 3. The monoisotopic (exact) mass is 511 g/mol. The third kappa shape index (κ3) is 4.99. The zero-order chi connectivity index (χ0) is 26.7. The smallest absolute Gasteiger partial charge is 0.253 e. The average Bonchev–Trinajstić information content (AvgIpc) is 3.50. The first-order chi connectivity index (χ1) is 18.4. The van der Waals surface area contributed by atoms with Gasteiger partial charge in [-0.15, -0.1) is 0 Å². The third-order valence-electron chi connectivity index (χ3n) is 7.48. The molecule has 3 N–H and O–H groups in total. The van der Waals surface area contributed by atoms with Crippen LogP contribution in [-0.2, 0) is 16.1 Å². The number of piperidine rings is 1. The lowest BCUT2D eigenvalue weighted by molar-refractivity contribution is -0.116. The highest BCUT2D eigenvalue weighted by atomic mass is 16.5. The van der Waals surface area contributed by atoms with Crippen LogP contribution in [-0.4, -0.2) is 52.5 Å². The largest absolute Gasteiger partial charge is 0.493 e. The predicted molar refractivity (Wildman–Crippen MR) is 148 cm³/mol. The van der Waals surface area contributed by atoms with Crippen molar-refractivity contribution in [1.29, 1.82) is 0 Å². The summed E-state index contributed by atoms with van der Waals surface area (Å²) >= 11 is 0. The minimum Gasteiger partial charge on any atom is -0.493 e. The van der Waals surface area contributed by atoms with E-state index in [0.29, 0.717) is 37.5 Å². The predicted octanol–water partition coefficient (Wildman–Crippen LogP) is 4.27. The van der Waals surface area contributed by atoms with Crippen LogP contribution in [0, 0.1) is 5.41 Å². The molecule has 2 aliphatic rings. The zero-order valence-electron chi connectivity index (χ0n) is 21.7. The van der Waals surface area contributed by atoms with Gasteiger partial charge in [0.1, 0.15) is 12.3 Å². The van der Waals surface area contributed by atoms with Gasteiger partial charge in [0.15, 0.2) is 0 Å². The molecule has 0 saturated carbocycles. The molecule has 3 heterocycles. The zero-order valence-corrected chi connectivity index (χ0v) is 21.7. The topological polar surface area (TPSA) is 102 Å². The van der Waals surface area contributed by atoms with Crippen LogP contribution < -0.4 is 11.1 Å². The molecule has 0 radical (unpaired) electrons. The number of aromatic nitrogens is 2. The van der Waals surface area contributed by atoms with Crippen LogP contribution >= 0.6 is 0 Å². The van der Waals surface area contributed by atoms with E-state index in [1.807, 2.05) is 46.7 Å². The number of likely N-dealkylation sites (tertiary alicyclic amines) is 1. The number of imidazole rings is 1. The second-order valence-electron chi connectivity index (χ2n) is 9.92. The summed E-state index contributed by atoms with van der Waals surface area (Å²) in [4.78, 5) is 32.1. The van der Waals surface area contributed by atoms with Gasteiger partial charge >= 0.3 is 0 Å². The van der Waals surface area contributed by atoms with Crippen molar-refractivity contribution in [2.75, 3.05) is 31.6 Å². The maximum atomic E-state index is 13.2. The van der Waals surface area contributed by atoms with E-state index < -0.39 is 0 Å². The first-order valence-electron chi connectivity index (χ1n) is 12.9. The van der Waals surface area contributed by atoms with Gasteiger partial charge in [0, 0.05) is 41.9 Å². The molecule has 8 heteroatoms. The van der Waals surface area contributed by atoms with E-state index in [1.54, 1.807) is 30.6 Å². The Morgan fingerprint density at radius 3 is 2.61 bits per heavy atom. The lowest BCUT2D eigenvalue weighted by Gasteiger charge is -2.38. The summed E-state index contributed by atoms with van der Waals surface area (Å²) in [5, 5.41) is 2.90. The molecule has 1 aromatic heterocycles. The Labute approximate surface area is 222 Å². The number of allylic oxidation sites excluding steroid dienone is 2. The quantitative estimate of drug-likeness (QED) is 0.515. The number of carbonyl (C=O) groups excluding carboxylic acids is 2. The van der Waals surface area contributed by atoms with E-state index in [1.165, 1.54) is 0 Å². The Morgan fingerprint density at radius 2 is 1.89 bits per heavy atom. The van der Waals surface area contributed by atoms with Crippen molar-refractivity contribution in [3.63, 3.8) is 0 Å². The number of hydrogen-bond donors (Lipinski definition) is 2. The van der Waals surface area contributed by atoms with Gasteiger partial charge in [-0.05, 0) is 67.8 Å². The number of carbonyl (C=O) groups is 2. The second kappa shape index (κ2) is 10.7.